The zero-order valence-corrected chi connectivity index (χ0v) is 10.2. The SMILES string of the molecule is CC(C)NC(C#N)c1csc2ccccc12. The van der Waals surface area contributed by atoms with Crippen LogP contribution in [0.1, 0.15) is 25.5 Å². The van der Waals surface area contributed by atoms with Crippen molar-refractivity contribution in [2.75, 3.05) is 0 Å². The Kier molecular flexibility index (Phi) is 3.23. The molecule has 0 saturated carbocycles. The van der Waals surface area contributed by atoms with Gasteiger partial charge in [-0.15, -0.1) is 11.3 Å². The van der Waals surface area contributed by atoms with Gasteiger partial charge in [0.05, 0.1) is 6.07 Å². The second kappa shape index (κ2) is 4.65. The van der Waals surface area contributed by atoms with Crippen LogP contribution in [0.4, 0.5) is 0 Å². The van der Waals surface area contributed by atoms with Crippen LogP contribution in [-0.2, 0) is 0 Å². The van der Waals surface area contributed by atoms with E-state index in [-0.39, 0.29) is 6.04 Å². The van der Waals surface area contributed by atoms with Gasteiger partial charge in [-0.25, -0.2) is 0 Å². The normalized spacial score (nSPS) is 12.9. The van der Waals surface area contributed by atoms with Gasteiger partial charge in [0.1, 0.15) is 6.04 Å². The third-order valence-corrected chi connectivity index (χ3v) is 3.43. The van der Waals surface area contributed by atoms with Crippen LogP contribution in [0, 0.1) is 11.3 Å². The predicted molar refractivity (Wildman–Crippen MR) is 68.5 cm³/mol. The lowest BCUT2D eigenvalue weighted by atomic mass is 10.1. The van der Waals surface area contributed by atoms with Gasteiger partial charge in [-0.1, -0.05) is 18.2 Å². The molecule has 0 spiro atoms. The van der Waals surface area contributed by atoms with E-state index in [0.29, 0.717) is 6.04 Å². The first-order valence-electron chi connectivity index (χ1n) is 5.34. The average Bonchev–Trinajstić information content (AvgIpc) is 2.69. The highest BCUT2D eigenvalue weighted by Crippen LogP contribution is 2.30. The zero-order chi connectivity index (χ0) is 11.5. The third-order valence-electron chi connectivity index (χ3n) is 2.45. The van der Waals surface area contributed by atoms with Gasteiger partial charge in [0.25, 0.3) is 0 Å². The van der Waals surface area contributed by atoms with E-state index in [4.69, 9.17) is 0 Å². The molecule has 1 aromatic carbocycles. The number of nitrogens with zero attached hydrogens (tertiary/aromatic N) is 1. The highest BCUT2D eigenvalue weighted by atomic mass is 32.1. The molecule has 0 aliphatic rings. The predicted octanol–water partition coefficient (Wildman–Crippen LogP) is 3.46. The Hall–Kier alpha value is -1.37. The number of nitrogens with one attached hydrogen (secondary N) is 1. The molecule has 0 amide bonds. The smallest absolute Gasteiger partial charge is 0.122 e. The summed E-state index contributed by atoms with van der Waals surface area (Å²) >= 11 is 1.69. The lowest BCUT2D eigenvalue weighted by Gasteiger charge is -2.13. The van der Waals surface area contributed by atoms with Crippen molar-refractivity contribution in [1.82, 2.24) is 5.32 Å². The molecule has 0 fully saturated rings. The van der Waals surface area contributed by atoms with E-state index in [1.54, 1.807) is 11.3 Å². The number of hydrogen-bond donors (Lipinski definition) is 1. The molecule has 1 N–H and O–H groups in total. The molecule has 82 valence electrons. The van der Waals surface area contributed by atoms with Crippen molar-refractivity contribution < 1.29 is 0 Å². The number of fused-ring (bicyclic) bond motifs is 1. The molecule has 0 aliphatic carbocycles. The fraction of sp³-hybridized carbons (Fsp3) is 0.308. The van der Waals surface area contributed by atoms with E-state index in [2.05, 4.69) is 42.7 Å². The lowest BCUT2D eigenvalue weighted by Crippen LogP contribution is -2.26. The van der Waals surface area contributed by atoms with Crippen LogP contribution in [0.5, 0.6) is 0 Å². The van der Waals surface area contributed by atoms with Crippen molar-refractivity contribution in [3.63, 3.8) is 0 Å². The first-order valence-corrected chi connectivity index (χ1v) is 6.22. The van der Waals surface area contributed by atoms with E-state index >= 15 is 0 Å². The first-order chi connectivity index (χ1) is 7.72. The molecule has 1 aromatic heterocycles. The third kappa shape index (κ3) is 2.08. The summed E-state index contributed by atoms with van der Waals surface area (Å²) in [7, 11) is 0. The second-order valence-corrected chi connectivity index (χ2v) is 4.98. The molecule has 2 nitrogen and oxygen atoms in total. The Morgan fingerprint density at radius 3 is 2.75 bits per heavy atom. The summed E-state index contributed by atoms with van der Waals surface area (Å²) in [5, 5.41) is 15.7. The van der Waals surface area contributed by atoms with Crippen molar-refractivity contribution >= 4 is 21.4 Å². The summed E-state index contributed by atoms with van der Waals surface area (Å²) in [6.07, 6.45) is 0. The monoisotopic (exact) mass is 230 g/mol. The largest absolute Gasteiger partial charge is 0.296 e. The van der Waals surface area contributed by atoms with Gasteiger partial charge in [-0.3, -0.25) is 5.32 Å². The van der Waals surface area contributed by atoms with Gasteiger partial charge in [-0.05, 0) is 30.7 Å². The quantitative estimate of drug-likeness (QED) is 0.876. The van der Waals surface area contributed by atoms with Crippen molar-refractivity contribution in [3.8, 4) is 6.07 Å². The van der Waals surface area contributed by atoms with Gasteiger partial charge in [0, 0.05) is 16.3 Å². The Bertz CT molecular complexity index is 522. The fourth-order valence-corrected chi connectivity index (χ4v) is 2.74. The second-order valence-electron chi connectivity index (χ2n) is 4.07. The molecule has 0 bridgehead atoms. The summed E-state index contributed by atoms with van der Waals surface area (Å²) < 4.78 is 1.24. The molecule has 3 heteroatoms. The fourth-order valence-electron chi connectivity index (χ4n) is 1.75. The van der Waals surface area contributed by atoms with Crippen molar-refractivity contribution in [3.05, 3.63) is 35.2 Å². The summed E-state index contributed by atoms with van der Waals surface area (Å²) in [5.41, 5.74) is 1.09. The van der Waals surface area contributed by atoms with Gasteiger partial charge in [0.2, 0.25) is 0 Å². The number of thiophene rings is 1. The first kappa shape index (κ1) is 11.1. The molecule has 1 heterocycles. The zero-order valence-electron chi connectivity index (χ0n) is 9.40. The summed E-state index contributed by atoms with van der Waals surface area (Å²) in [6, 6.07) is 10.6. The van der Waals surface area contributed by atoms with E-state index < -0.39 is 0 Å². The Morgan fingerprint density at radius 1 is 1.31 bits per heavy atom. The molecule has 0 radical (unpaired) electrons. The van der Waals surface area contributed by atoms with Gasteiger partial charge in [0.15, 0.2) is 0 Å². The molecule has 16 heavy (non-hydrogen) atoms. The molecule has 2 rings (SSSR count). The molecule has 0 aliphatic heterocycles. The Balaban J connectivity index is 2.42. The molecule has 1 atom stereocenters. The van der Waals surface area contributed by atoms with E-state index in [1.165, 1.54) is 10.1 Å². The van der Waals surface area contributed by atoms with Crippen LogP contribution in [0.2, 0.25) is 0 Å². The van der Waals surface area contributed by atoms with Crippen LogP contribution in [0.25, 0.3) is 10.1 Å². The highest BCUT2D eigenvalue weighted by Gasteiger charge is 2.15. The van der Waals surface area contributed by atoms with Crippen LogP contribution in [0.15, 0.2) is 29.6 Å². The van der Waals surface area contributed by atoms with E-state index in [0.717, 1.165) is 5.56 Å². The Labute approximate surface area is 99.5 Å². The number of nitriles is 1. The number of benzene rings is 1. The molecule has 0 saturated heterocycles. The average molecular weight is 230 g/mol. The van der Waals surface area contributed by atoms with Crippen molar-refractivity contribution in [2.24, 2.45) is 0 Å². The maximum Gasteiger partial charge on any atom is 0.122 e. The minimum absolute atomic E-state index is 0.212. The van der Waals surface area contributed by atoms with Gasteiger partial charge < -0.3 is 0 Å². The molecule has 1 unspecified atom stereocenters. The molecule has 2 aromatic rings. The maximum atomic E-state index is 9.20. The topological polar surface area (TPSA) is 35.8 Å². The number of rotatable bonds is 3. The molecular formula is C13H14N2S. The minimum atomic E-state index is -0.212. The van der Waals surface area contributed by atoms with E-state index in [1.807, 2.05) is 12.1 Å². The Morgan fingerprint density at radius 2 is 2.06 bits per heavy atom. The lowest BCUT2D eigenvalue weighted by molar-refractivity contribution is 0.549. The maximum absolute atomic E-state index is 9.20. The van der Waals surface area contributed by atoms with Gasteiger partial charge >= 0.3 is 0 Å². The van der Waals surface area contributed by atoms with Crippen LogP contribution in [-0.4, -0.2) is 6.04 Å². The standard InChI is InChI=1S/C13H14N2S/c1-9(2)15-12(7-14)11-8-16-13-6-4-3-5-10(11)13/h3-6,8-9,12,15H,1-2H3. The summed E-state index contributed by atoms with van der Waals surface area (Å²) in [4.78, 5) is 0. The highest BCUT2D eigenvalue weighted by molar-refractivity contribution is 7.17. The molecular weight excluding hydrogens is 216 g/mol. The van der Waals surface area contributed by atoms with E-state index in [9.17, 15) is 5.26 Å². The van der Waals surface area contributed by atoms with Crippen LogP contribution in [0.3, 0.4) is 0 Å². The summed E-state index contributed by atoms with van der Waals surface area (Å²) in [5.74, 6) is 0. The van der Waals surface area contributed by atoms with Crippen molar-refractivity contribution in [2.45, 2.75) is 25.9 Å². The number of hydrogen-bond acceptors (Lipinski definition) is 3. The van der Waals surface area contributed by atoms with Crippen molar-refractivity contribution in [1.29, 1.82) is 5.26 Å². The summed E-state index contributed by atoms with van der Waals surface area (Å²) in [6.45, 7) is 4.11. The minimum Gasteiger partial charge on any atom is -0.296 e. The van der Waals surface area contributed by atoms with Crippen LogP contribution >= 0.6 is 11.3 Å². The van der Waals surface area contributed by atoms with Crippen LogP contribution < -0.4 is 5.32 Å². The van der Waals surface area contributed by atoms with Gasteiger partial charge in [-0.2, -0.15) is 5.26 Å².